The topological polar surface area (TPSA) is 29.4 Å². The van der Waals surface area contributed by atoms with Gasteiger partial charge in [-0.1, -0.05) is 42.7 Å². The van der Waals surface area contributed by atoms with E-state index in [-0.39, 0.29) is 6.04 Å². The van der Waals surface area contributed by atoms with Gasteiger partial charge in [0.25, 0.3) is 0 Å². The molecule has 0 aliphatic heterocycles. The molecule has 84 valence electrons. The Labute approximate surface area is 96.4 Å². The third-order valence-electron chi connectivity index (χ3n) is 3.42. The molecule has 1 unspecified atom stereocenters. The molecule has 0 amide bonds. The summed E-state index contributed by atoms with van der Waals surface area (Å²) in [6.07, 6.45) is 6.64. The number of aliphatic imine (C=N–C) groups is 1. The molecule has 2 nitrogen and oxygen atoms in total. The van der Waals surface area contributed by atoms with Crippen molar-refractivity contribution >= 4 is 6.08 Å². The molecule has 2 rings (SSSR count). The zero-order valence-electron chi connectivity index (χ0n) is 9.65. The van der Waals surface area contributed by atoms with E-state index in [0.29, 0.717) is 5.92 Å². The molecule has 0 aromatic heterocycles. The van der Waals surface area contributed by atoms with Crippen LogP contribution in [0, 0.1) is 12.8 Å². The van der Waals surface area contributed by atoms with E-state index in [4.69, 9.17) is 0 Å². The van der Waals surface area contributed by atoms with Crippen LogP contribution in [0.3, 0.4) is 0 Å². The van der Waals surface area contributed by atoms with Gasteiger partial charge in [0.05, 0.1) is 6.04 Å². The molecule has 1 fully saturated rings. The second kappa shape index (κ2) is 5.09. The van der Waals surface area contributed by atoms with Crippen molar-refractivity contribution in [1.82, 2.24) is 0 Å². The van der Waals surface area contributed by atoms with Crippen molar-refractivity contribution in [3.63, 3.8) is 0 Å². The predicted molar refractivity (Wildman–Crippen MR) is 64.0 cm³/mol. The molecule has 16 heavy (non-hydrogen) atoms. The van der Waals surface area contributed by atoms with Crippen LogP contribution >= 0.6 is 0 Å². The third kappa shape index (κ3) is 2.40. The van der Waals surface area contributed by atoms with Crippen LogP contribution in [0.2, 0.25) is 0 Å². The highest BCUT2D eigenvalue weighted by Crippen LogP contribution is 2.38. The molecule has 1 aliphatic carbocycles. The molecule has 1 aromatic carbocycles. The summed E-state index contributed by atoms with van der Waals surface area (Å²) in [5.74, 6) is 0.531. The monoisotopic (exact) mass is 215 g/mol. The average molecular weight is 215 g/mol. The summed E-state index contributed by atoms with van der Waals surface area (Å²) < 4.78 is 0. The first kappa shape index (κ1) is 11.1. The van der Waals surface area contributed by atoms with Gasteiger partial charge in [0.15, 0.2) is 0 Å². The summed E-state index contributed by atoms with van der Waals surface area (Å²) in [7, 11) is 0. The number of hydrogen-bond acceptors (Lipinski definition) is 2. The van der Waals surface area contributed by atoms with Crippen LogP contribution in [0.1, 0.15) is 42.9 Å². The Morgan fingerprint density at radius 3 is 2.75 bits per heavy atom. The van der Waals surface area contributed by atoms with E-state index >= 15 is 0 Å². The first-order valence-electron chi connectivity index (χ1n) is 5.95. The number of rotatable bonds is 3. The second-order valence-corrected chi connectivity index (χ2v) is 4.62. The van der Waals surface area contributed by atoms with E-state index in [1.54, 1.807) is 6.08 Å². The molecule has 0 bridgehead atoms. The number of aryl methyl sites for hydroxylation is 1. The molecule has 0 heterocycles. The molecule has 2 heteroatoms. The van der Waals surface area contributed by atoms with Crippen molar-refractivity contribution in [2.75, 3.05) is 0 Å². The predicted octanol–water partition coefficient (Wildman–Crippen LogP) is 3.56. The lowest BCUT2D eigenvalue weighted by atomic mass is 9.91. The molecule has 1 saturated carbocycles. The zero-order valence-corrected chi connectivity index (χ0v) is 9.65. The maximum Gasteiger partial charge on any atom is 0.235 e. The van der Waals surface area contributed by atoms with Crippen molar-refractivity contribution in [3.05, 3.63) is 35.4 Å². The highest BCUT2D eigenvalue weighted by Gasteiger charge is 2.25. The average Bonchev–Trinajstić information content (AvgIpc) is 2.79. The molecule has 0 spiro atoms. The van der Waals surface area contributed by atoms with Crippen LogP contribution in [0.15, 0.2) is 29.3 Å². The van der Waals surface area contributed by atoms with Crippen LogP contribution in [0.25, 0.3) is 0 Å². The molecule has 0 N–H and O–H groups in total. The van der Waals surface area contributed by atoms with Crippen LogP contribution in [0.4, 0.5) is 0 Å². The molecule has 0 radical (unpaired) electrons. The van der Waals surface area contributed by atoms with E-state index in [2.05, 4.69) is 30.1 Å². The molecule has 1 aromatic rings. The van der Waals surface area contributed by atoms with Gasteiger partial charge < -0.3 is 0 Å². The van der Waals surface area contributed by atoms with Gasteiger partial charge in [-0.15, -0.1) is 0 Å². The van der Waals surface area contributed by atoms with E-state index in [9.17, 15) is 4.79 Å². The Balaban J connectivity index is 2.27. The lowest BCUT2D eigenvalue weighted by molar-refractivity contribution is 0.442. The minimum atomic E-state index is 0.0277. The largest absolute Gasteiger partial charge is 0.235 e. The fourth-order valence-electron chi connectivity index (χ4n) is 2.64. The summed E-state index contributed by atoms with van der Waals surface area (Å²) >= 11 is 0. The van der Waals surface area contributed by atoms with Gasteiger partial charge in [-0.25, -0.2) is 4.79 Å². The van der Waals surface area contributed by atoms with Crippen LogP contribution < -0.4 is 0 Å². The summed E-state index contributed by atoms with van der Waals surface area (Å²) in [4.78, 5) is 14.6. The lowest BCUT2D eigenvalue weighted by Crippen LogP contribution is -2.07. The fourth-order valence-corrected chi connectivity index (χ4v) is 2.64. The normalized spacial score (nSPS) is 18.1. The summed E-state index contributed by atoms with van der Waals surface area (Å²) in [6, 6.07) is 8.33. The standard InChI is InChI=1S/C14H17NO/c1-11-5-4-8-13(9-11)14(15-10-16)12-6-2-3-7-12/h4-5,8-9,12,14H,2-3,6-7H2,1H3. The van der Waals surface area contributed by atoms with Gasteiger partial charge in [0.1, 0.15) is 0 Å². The van der Waals surface area contributed by atoms with Gasteiger partial charge in [0.2, 0.25) is 6.08 Å². The van der Waals surface area contributed by atoms with Crippen molar-refractivity contribution < 1.29 is 4.79 Å². The quantitative estimate of drug-likeness (QED) is 0.560. The summed E-state index contributed by atoms with van der Waals surface area (Å²) in [5, 5.41) is 0. The number of carbonyl (C=O) groups excluding carboxylic acids is 1. The van der Waals surface area contributed by atoms with Crippen molar-refractivity contribution in [3.8, 4) is 0 Å². The first-order valence-corrected chi connectivity index (χ1v) is 5.95. The highest BCUT2D eigenvalue weighted by molar-refractivity contribution is 5.36. The van der Waals surface area contributed by atoms with E-state index in [1.165, 1.54) is 31.2 Å². The van der Waals surface area contributed by atoms with Crippen LogP contribution in [0.5, 0.6) is 0 Å². The van der Waals surface area contributed by atoms with Gasteiger partial charge >= 0.3 is 0 Å². The molecular formula is C14H17NO. The number of nitrogens with zero attached hydrogens (tertiary/aromatic N) is 1. The second-order valence-electron chi connectivity index (χ2n) is 4.62. The SMILES string of the molecule is Cc1cccc(C(N=C=O)C2CCCC2)c1. The Morgan fingerprint density at radius 2 is 2.12 bits per heavy atom. The van der Waals surface area contributed by atoms with Crippen LogP contribution in [-0.4, -0.2) is 6.08 Å². The lowest BCUT2D eigenvalue weighted by Gasteiger charge is -2.18. The zero-order chi connectivity index (χ0) is 11.4. The van der Waals surface area contributed by atoms with E-state index in [1.807, 2.05) is 6.07 Å². The fraction of sp³-hybridized carbons (Fsp3) is 0.500. The highest BCUT2D eigenvalue weighted by atomic mass is 16.1. The molecule has 0 saturated heterocycles. The van der Waals surface area contributed by atoms with Crippen molar-refractivity contribution in [2.24, 2.45) is 10.9 Å². The Hall–Kier alpha value is -1.40. The van der Waals surface area contributed by atoms with E-state index in [0.717, 1.165) is 5.56 Å². The van der Waals surface area contributed by atoms with Gasteiger partial charge in [-0.3, -0.25) is 0 Å². The number of benzene rings is 1. The van der Waals surface area contributed by atoms with E-state index < -0.39 is 0 Å². The Morgan fingerprint density at radius 1 is 1.38 bits per heavy atom. The van der Waals surface area contributed by atoms with Crippen molar-refractivity contribution in [2.45, 2.75) is 38.6 Å². The third-order valence-corrected chi connectivity index (χ3v) is 3.42. The maximum atomic E-state index is 10.5. The molecule has 1 atom stereocenters. The molecular weight excluding hydrogens is 198 g/mol. The summed E-state index contributed by atoms with van der Waals surface area (Å²) in [5.41, 5.74) is 2.39. The minimum absolute atomic E-state index is 0.0277. The summed E-state index contributed by atoms with van der Waals surface area (Å²) in [6.45, 7) is 2.07. The maximum absolute atomic E-state index is 10.5. The number of isocyanates is 1. The molecule has 1 aliphatic rings. The number of hydrogen-bond donors (Lipinski definition) is 0. The Kier molecular flexibility index (Phi) is 3.53. The van der Waals surface area contributed by atoms with Crippen molar-refractivity contribution in [1.29, 1.82) is 0 Å². The minimum Gasteiger partial charge on any atom is -0.211 e. The van der Waals surface area contributed by atoms with Crippen LogP contribution in [-0.2, 0) is 4.79 Å². The van der Waals surface area contributed by atoms with Gasteiger partial charge in [0, 0.05) is 0 Å². The van der Waals surface area contributed by atoms with Gasteiger partial charge in [-0.05, 0) is 31.2 Å². The van der Waals surface area contributed by atoms with Gasteiger partial charge in [-0.2, -0.15) is 4.99 Å². The first-order chi connectivity index (χ1) is 7.81. The smallest absolute Gasteiger partial charge is 0.211 e. The Bertz CT molecular complexity index is 401.